The summed E-state index contributed by atoms with van der Waals surface area (Å²) in [6.45, 7) is 8.03. The minimum Gasteiger partial charge on any atom is -0.394 e. The lowest BCUT2D eigenvalue weighted by molar-refractivity contribution is 0.266. The summed E-state index contributed by atoms with van der Waals surface area (Å²) >= 11 is 0. The van der Waals surface area contributed by atoms with Crippen LogP contribution in [0.3, 0.4) is 0 Å². The van der Waals surface area contributed by atoms with Gasteiger partial charge in [0.2, 0.25) is 0 Å². The molecule has 1 heterocycles. The first-order valence-electron chi connectivity index (χ1n) is 6.50. The molecule has 1 fully saturated rings. The SMILES string of the molecule is CC(C)(C)c1ccc(N2CCCC2CO)cc1. The fraction of sp³-hybridized carbons (Fsp3) is 0.600. The van der Waals surface area contributed by atoms with E-state index in [1.807, 2.05) is 0 Å². The highest BCUT2D eigenvalue weighted by atomic mass is 16.3. The summed E-state index contributed by atoms with van der Waals surface area (Å²) < 4.78 is 0. The fourth-order valence-electron chi connectivity index (χ4n) is 2.52. The molecule has 2 nitrogen and oxygen atoms in total. The van der Waals surface area contributed by atoms with Crippen LogP contribution in [-0.2, 0) is 5.41 Å². The third kappa shape index (κ3) is 2.63. The standard InChI is InChI=1S/C15H23NO/c1-15(2,3)12-6-8-13(9-7-12)16-10-4-5-14(16)11-17/h6-9,14,17H,4-5,10-11H2,1-3H3. The van der Waals surface area contributed by atoms with Crippen molar-refractivity contribution in [1.29, 1.82) is 0 Å². The predicted octanol–water partition coefficient (Wildman–Crippen LogP) is 2.95. The van der Waals surface area contributed by atoms with Gasteiger partial charge in [0, 0.05) is 12.2 Å². The Hall–Kier alpha value is -1.02. The van der Waals surface area contributed by atoms with Gasteiger partial charge in [-0.1, -0.05) is 32.9 Å². The molecule has 1 atom stereocenters. The number of anilines is 1. The largest absolute Gasteiger partial charge is 0.394 e. The summed E-state index contributed by atoms with van der Waals surface area (Å²) in [4.78, 5) is 2.33. The van der Waals surface area contributed by atoms with E-state index in [0.717, 1.165) is 13.0 Å². The molecular weight excluding hydrogens is 210 g/mol. The Bertz CT molecular complexity index is 364. The second-order valence-electron chi connectivity index (χ2n) is 5.97. The Balaban J connectivity index is 2.18. The van der Waals surface area contributed by atoms with Crippen molar-refractivity contribution < 1.29 is 5.11 Å². The van der Waals surface area contributed by atoms with Crippen LogP contribution in [0, 0.1) is 0 Å². The molecule has 0 aromatic heterocycles. The highest BCUT2D eigenvalue weighted by molar-refractivity contribution is 5.50. The summed E-state index contributed by atoms with van der Waals surface area (Å²) in [6.07, 6.45) is 2.30. The molecule has 1 aliphatic rings. The maximum Gasteiger partial charge on any atom is 0.0635 e. The van der Waals surface area contributed by atoms with E-state index in [9.17, 15) is 5.11 Å². The van der Waals surface area contributed by atoms with Crippen molar-refractivity contribution in [1.82, 2.24) is 0 Å². The summed E-state index contributed by atoms with van der Waals surface area (Å²) in [7, 11) is 0. The Labute approximate surface area is 104 Å². The summed E-state index contributed by atoms with van der Waals surface area (Å²) in [5, 5.41) is 9.34. The number of benzene rings is 1. The molecule has 2 heteroatoms. The van der Waals surface area contributed by atoms with Crippen LogP contribution in [0.15, 0.2) is 24.3 Å². The minimum atomic E-state index is 0.208. The van der Waals surface area contributed by atoms with Gasteiger partial charge in [0.25, 0.3) is 0 Å². The molecular formula is C15H23NO. The lowest BCUT2D eigenvalue weighted by atomic mass is 9.87. The lowest BCUT2D eigenvalue weighted by Gasteiger charge is -2.26. The van der Waals surface area contributed by atoms with Crippen LogP contribution in [0.4, 0.5) is 5.69 Å². The molecule has 1 unspecified atom stereocenters. The maximum absolute atomic E-state index is 9.34. The Morgan fingerprint density at radius 1 is 1.24 bits per heavy atom. The minimum absolute atomic E-state index is 0.208. The molecule has 2 rings (SSSR count). The molecule has 0 saturated carbocycles. The molecule has 1 aromatic rings. The van der Waals surface area contributed by atoms with E-state index in [1.165, 1.54) is 17.7 Å². The zero-order valence-corrected chi connectivity index (χ0v) is 11.1. The first kappa shape index (κ1) is 12.4. The fourth-order valence-corrected chi connectivity index (χ4v) is 2.52. The summed E-state index contributed by atoms with van der Waals surface area (Å²) in [6, 6.07) is 9.11. The lowest BCUT2D eigenvalue weighted by Crippen LogP contribution is -2.32. The van der Waals surface area contributed by atoms with Crippen LogP contribution in [0.25, 0.3) is 0 Å². The zero-order chi connectivity index (χ0) is 12.5. The molecule has 1 N–H and O–H groups in total. The Kier molecular flexibility index (Phi) is 3.43. The molecule has 1 aromatic carbocycles. The normalized spacial score (nSPS) is 20.9. The van der Waals surface area contributed by atoms with Crippen LogP contribution in [-0.4, -0.2) is 24.3 Å². The van der Waals surface area contributed by atoms with Crippen molar-refractivity contribution >= 4 is 5.69 Å². The highest BCUT2D eigenvalue weighted by Gasteiger charge is 2.24. The van der Waals surface area contributed by atoms with E-state index in [-0.39, 0.29) is 12.0 Å². The first-order chi connectivity index (χ1) is 8.02. The molecule has 0 aliphatic carbocycles. The average molecular weight is 233 g/mol. The second kappa shape index (κ2) is 4.69. The Morgan fingerprint density at radius 2 is 1.88 bits per heavy atom. The number of aliphatic hydroxyl groups excluding tert-OH is 1. The van der Waals surface area contributed by atoms with Crippen LogP contribution < -0.4 is 4.90 Å². The molecule has 0 radical (unpaired) electrons. The van der Waals surface area contributed by atoms with Gasteiger partial charge >= 0.3 is 0 Å². The second-order valence-corrected chi connectivity index (χ2v) is 5.97. The average Bonchev–Trinajstić information content (AvgIpc) is 2.76. The number of rotatable bonds is 2. The van der Waals surface area contributed by atoms with Crippen molar-refractivity contribution in [2.24, 2.45) is 0 Å². The van der Waals surface area contributed by atoms with Crippen LogP contribution in [0.2, 0.25) is 0 Å². The van der Waals surface area contributed by atoms with Gasteiger partial charge in [0.15, 0.2) is 0 Å². The van der Waals surface area contributed by atoms with Gasteiger partial charge in [0.1, 0.15) is 0 Å². The van der Waals surface area contributed by atoms with E-state index in [4.69, 9.17) is 0 Å². The molecule has 0 spiro atoms. The predicted molar refractivity (Wildman–Crippen MR) is 72.6 cm³/mol. The van der Waals surface area contributed by atoms with Gasteiger partial charge in [-0.15, -0.1) is 0 Å². The maximum atomic E-state index is 9.34. The van der Waals surface area contributed by atoms with Gasteiger partial charge in [-0.25, -0.2) is 0 Å². The smallest absolute Gasteiger partial charge is 0.0635 e. The molecule has 1 saturated heterocycles. The van der Waals surface area contributed by atoms with Crippen molar-refractivity contribution in [3.05, 3.63) is 29.8 Å². The quantitative estimate of drug-likeness (QED) is 0.849. The van der Waals surface area contributed by atoms with Crippen molar-refractivity contribution in [2.75, 3.05) is 18.1 Å². The van der Waals surface area contributed by atoms with Crippen LogP contribution in [0.1, 0.15) is 39.2 Å². The van der Waals surface area contributed by atoms with Gasteiger partial charge < -0.3 is 10.0 Å². The number of hydrogen-bond acceptors (Lipinski definition) is 2. The monoisotopic (exact) mass is 233 g/mol. The van der Waals surface area contributed by atoms with E-state index in [0.29, 0.717) is 6.04 Å². The number of aliphatic hydroxyl groups is 1. The third-order valence-electron chi connectivity index (χ3n) is 3.65. The van der Waals surface area contributed by atoms with Crippen molar-refractivity contribution in [3.63, 3.8) is 0 Å². The molecule has 17 heavy (non-hydrogen) atoms. The van der Waals surface area contributed by atoms with Gasteiger partial charge in [0.05, 0.1) is 12.6 Å². The zero-order valence-electron chi connectivity index (χ0n) is 11.1. The summed E-state index contributed by atoms with van der Waals surface area (Å²) in [5.74, 6) is 0. The molecule has 1 aliphatic heterocycles. The molecule has 0 bridgehead atoms. The van der Waals surface area contributed by atoms with Crippen LogP contribution in [0.5, 0.6) is 0 Å². The molecule has 94 valence electrons. The topological polar surface area (TPSA) is 23.5 Å². The van der Waals surface area contributed by atoms with E-state index >= 15 is 0 Å². The number of hydrogen-bond donors (Lipinski definition) is 1. The van der Waals surface area contributed by atoms with E-state index in [2.05, 4.69) is 49.9 Å². The highest BCUT2D eigenvalue weighted by Crippen LogP contribution is 2.28. The number of nitrogens with zero attached hydrogens (tertiary/aromatic N) is 1. The van der Waals surface area contributed by atoms with E-state index < -0.39 is 0 Å². The first-order valence-corrected chi connectivity index (χ1v) is 6.50. The van der Waals surface area contributed by atoms with Crippen LogP contribution >= 0.6 is 0 Å². The van der Waals surface area contributed by atoms with E-state index in [1.54, 1.807) is 0 Å². The summed E-state index contributed by atoms with van der Waals surface area (Å²) in [5.41, 5.74) is 2.82. The van der Waals surface area contributed by atoms with Crippen molar-refractivity contribution in [2.45, 2.75) is 45.1 Å². The van der Waals surface area contributed by atoms with Gasteiger partial charge in [-0.05, 0) is 36.0 Å². The third-order valence-corrected chi connectivity index (χ3v) is 3.65. The Morgan fingerprint density at radius 3 is 2.41 bits per heavy atom. The van der Waals surface area contributed by atoms with Gasteiger partial charge in [-0.2, -0.15) is 0 Å². The van der Waals surface area contributed by atoms with Gasteiger partial charge in [-0.3, -0.25) is 0 Å². The van der Waals surface area contributed by atoms with Crippen molar-refractivity contribution in [3.8, 4) is 0 Å². The molecule has 0 amide bonds.